The molecule has 2 aromatic carbocycles. The van der Waals surface area contributed by atoms with Crippen molar-refractivity contribution in [2.24, 2.45) is 0 Å². The quantitative estimate of drug-likeness (QED) is 0.294. The molecule has 1 heterocycles. The maximum absolute atomic E-state index is 13.3. The first-order chi connectivity index (χ1) is 14.8. The van der Waals surface area contributed by atoms with E-state index in [9.17, 15) is 19.1 Å². The predicted molar refractivity (Wildman–Crippen MR) is 115 cm³/mol. The van der Waals surface area contributed by atoms with Crippen LogP contribution in [0.25, 0.3) is 5.76 Å². The molecule has 0 bridgehead atoms. The van der Waals surface area contributed by atoms with Gasteiger partial charge >= 0.3 is 0 Å². The molecule has 31 heavy (non-hydrogen) atoms. The third-order valence-electron chi connectivity index (χ3n) is 5.07. The number of Topliss-reactive ketones (excluding diaryl/α,β-unsaturated/α-hetero) is 1. The van der Waals surface area contributed by atoms with E-state index >= 15 is 0 Å². The second-order valence-corrected chi connectivity index (χ2v) is 7.63. The molecule has 1 aliphatic heterocycles. The number of nitrogens with zero attached hydrogens (tertiary/aromatic N) is 1. The summed E-state index contributed by atoms with van der Waals surface area (Å²) >= 11 is 0. The van der Waals surface area contributed by atoms with E-state index in [1.54, 1.807) is 30.3 Å². The van der Waals surface area contributed by atoms with Gasteiger partial charge in [0, 0.05) is 5.56 Å². The zero-order valence-electron chi connectivity index (χ0n) is 17.6. The van der Waals surface area contributed by atoms with E-state index in [2.05, 4.69) is 6.58 Å². The molecule has 0 aromatic heterocycles. The number of likely N-dealkylation sites (N-methyl/N-ethyl adjacent to an activating group) is 1. The molecule has 7 heteroatoms. The molecule has 0 aliphatic carbocycles. The summed E-state index contributed by atoms with van der Waals surface area (Å²) in [5, 5.41) is 10.9. The molecular weight excluding hydrogens is 399 g/mol. The van der Waals surface area contributed by atoms with Crippen LogP contribution in [0.1, 0.15) is 17.2 Å². The predicted octanol–water partition coefficient (Wildman–Crippen LogP) is 1.96. The lowest BCUT2D eigenvalue weighted by atomic mass is 9.95. The number of hydrogen-bond donors (Lipinski definition) is 2. The number of ketones is 1. The summed E-state index contributed by atoms with van der Waals surface area (Å²) in [4.78, 5) is 28.3. The van der Waals surface area contributed by atoms with Gasteiger partial charge in [0.15, 0.2) is 0 Å². The van der Waals surface area contributed by atoms with Crippen molar-refractivity contribution in [1.29, 1.82) is 0 Å². The van der Waals surface area contributed by atoms with Gasteiger partial charge < -0.3 is 19.6 Å². The Bertz CT molecular complexity index is 997. The van der Waals surface area contributed by atoms with Gasteiger partial charge in [0.05, 0.1) is 38.8 Å². The Hall–Kier alpha value is -3.45. The number of likely N-dealkylation sites (tertiary alicyclic amines) is 1. The minimum atomic E-state index is -0.757. The Balaban J connectivity index is 2.07. The van der Waals surface area contributed by atoms with Crippen molar-refractivity contribution in [1.82, 2.24) is 4.90 Å². The topological polar surface area (TPSA) is 71.3 Å². The molecule has 1 saturated heterocycles. The molecule has 0 radical (unpaired) electrons. The lowest BCUT2D eigenvalue weighted by Crippen LogP contribution is -3.06. The number of amides is 1. The van der Waals surface area contributed by atoms with Gasteiger partial charge in [0.1, 0.15) is 23.9 Å². The van der Waals surface area contributed by atoms with E-state index < -0.39 is 23.5 Å². The summed E-state index contributed by atoms with van der Waals surface area (Å²) < 4.78 is 18.8. The summed E-state index contributed by atoms with van der Waals surface area (Å²) in [6.07, 6.45) is 1.63. The van der Waals surface area contributed by atoms with Crippen molar-refractivity contribution in [2.75, 3.05) is 33.8 Å². The highest BCUT2D eigenvalue weighted by molar-refractivity contribution is 6.46. The molecule has 0 unspecified atom stereocenters. The molecule has 2 N–H and O–H groups in total. The largest absolute Gasteiger partial charge is 0.507 e. The standard InChI is InChI=1S/C24H25FN2O4/c1-4-15-31-19-11-7-16(8-12-19)21-20(22(28)17-5-9-18(25)10-6-17)23(29)24(30)27(21)14-13-26(2)3/h4-12,21,28H,1,13-15H2,2-3H3/p+1/t21-/m1/s1. The van der Waals surface area contributed by atoms with Crippen LogP contribution in [0, 0.1) is 5.82 Å². The molecular formula is C24H26FN2O4+. The fourth-order valence-corrected chi connectivity index (χ4v) is 3.47. The molecule has 1 fully saturated rings. The Kier molecular flexibility index (Phi) is 6.87. The average Bonchev–Trinajstić information content (AvgIpc) is 3.01. The highest BCUT2D eigenvalue weighted by Gasteiger charge is 2.46. The molecule has 0 saturated carbocycles. The number of halogens is 1. The van der Waals surface area contributed by atoms with Crippen LogP contribution in [0.2, 0.25) is 0 Å². The van der Waals surface area contributed by atoms with Crippen LogP contribution in [0.3, 0.4) is 0 Å². The Morgan fingerprint density at radius 1 is 1.16 bits per heavy atom. The van der Waals surface area contributed by atoms with Crippen molar-refractivity contribution >= 4 is 17.4 Å². The number of ether oxygens (including phenoxy) is 1. The molecule has 3 rings (SSSR count). The zero-order valence-corrected chi connectivity index (χ0v) is 17.6. The maximum atomic E-state index is 13.3. The third kappa shape index (κ3) is 4.83. The highest BCUT2D eigenvalue weighted by Crippen LogP contribution is 2.39. The van der Waals surface area contributed by atoms with Gasteiger partial charge in [-0.1, -0.05) is 24.8 Å². The van der Waals surface area contributed by atoms with E-state index in [-0.39, 0.29) is 16.9 Å². The van der Waals surface area contributed by atoms with E-state index in [0.29, 0.717) is 31.0 Å². The SMILES string of the molecule is C=CCOc1ccc([C@@H]2C(=C(O)c3ccc(F)cc3)C(=O)C(=O)N2CC[NH+](C)C)cc1. The third-order valence-corrected chi connectivity index (χ3v) is 5.07. The number of nitrogens with one attached hydrogen (secondary N) is 1. The van der Waals surface area contributed by atoms with Gasteiger partial charge in [-0.15, -0.1) is 0 Å². The van der Waals surface area contributed by atoms with E-state index in [0.717, 1.165) is 4.90 Å². The molecule has 162 valence electrons. The zero-order chi connectivity index (χ0) is 22.5. The number of carbonyl (C=O) groups is 2. The normalized spacial score (nSPS) is 17.9. The van der Waals surface area contributed by atoms with Crippen molar-refractivity contribution in [3.63, 3.8) is 0 Å². The summed E-state index contributed by atoms with van der Waals surface area (Å²) in [6, 6.07) is 11.4. The molecule has 6 nitrogen and oxygen atoms in total. The number of benzene rings is 2. The van der Waals surface area contributed by atoms with Crippen molar-refractivity contribution in [3.8, 4) is 5.75 Å². The van der Waals surface area contributed by atoms with E-state index in [1.807, 2.05) is 14.1 Å². The first kappa shape index (κ1) is 22.2. The minimum Gasteiger partial charge on any atom is -0.507 e. The maximum Gasteiger partial charge on any atom is 0.295 e. The first-order valence-corrected chi connectivity index (χ1v) is 10.0. The molecule has 0 spiro atoms. The van der Waals surface area contributed by atoms with Crippen LogP contribution in [0.15, 0.2) is 66.8 Å². The fraction of sp³-hybridized carbons (Fsp3) is 0.250. The number of aliphatic hydroxyl groups is 1. The number of aliphatic hydroxyl groups excluding tert-OH is 1. The van der Waals surface area contributed by atoms with Gasteiger partial charge in [-0.2, -0.15) is 0 Å². The Labute approximate surface area is 180 Å². The summed E-state index contributed by atoms with van der Waals surface area (Å²) in [7, 11) is 3.91. The molecule has 1 amide bonds. The average molecular weight is 425 g/mol. The number of carbonyl (C=O) groups excluding carboxylic acids is 2. The van der Waals surface area contributed by atoms with Crippen LogP contribution >= 0.6 is 0 Å². The van der Waals surface area contributed by atoms with E-state index in [4.69, 9.17) is 4.74 Å². The summed E-state index contributed by atoms with van der Waals surface area (Å²) in [5.41, 5.74) is 0.932. The smallest absolute Gasteiger partial charge is 0.295 e. The summed E-state index contributed by atoms with van der Waals surface area (Å²) in [6.45, 7) is 4.94. The lowest BCUT2D eigenvalue weighted by Gasteiger charge is -2.25. The van der Waals surface area contributed by atoms with Gasteiger partial charge in [0.25, 0.3) is 11.7 Å². The van der Waals surface area contributed by atoms with Crippen LogP contribution in [-0.4, -0.2) is 55.5 Å². The van der Waals surface area contributed by atoms with Gasteiger partial charge in [-0.25, -0.2) is 4.39 Å². The Morgan fingerprint density at radius 2 is 1.81 bits per heavy atom. The number of rotatable bonds is 8. The highest BCUT2D eigenvalue weighted by atomic mass is 19.1. The second kappa shape index (κ2) is 9.57. The number of quaternary nitrogens is 1. The van der Waals surface area contributed by atoms with Gasteiger partial charge in [-0.3, -0.25) is 9.59 Å². The van der Waals surface area contributed by atoms with Crippen LogP contribution in [0.4, 0.5) is 4.39 Å². The van der Waals surface area contributed by atoms with Crippen LogP contribution < -0.4 is 9.64 Å². The van der Waals surface area contributed by atoms with Gasteiger partial charge in [0.2, 0.25) is 0 Å². The van der Waals surface area contributed by atoms with Crippen LogP contribution in [-0.2, 0) is 9.59 Å². The van der Waals surface area contributed by atoms with E-state index in [1.165, 1.54) is 29.2 Å². The second-order valence-electron chi connectivity index (χ2n) is 7.63. The van der Waals surface area contributed by atoms with Crippen molar-refractivity contribution in [2.45, 2.75) is 6.04 Å². The van der Waals surface area contributed by atoms with Crippen molar-refractivity contribution in [3.05, 3.63) is 83.7 Å². The molecule has 1 aliphatic rings. The van der Waals surface area contributed by atoms with Crippen LogP contribution in [0.5, 0.6) is 5.75 Å². The molecule has 2 aromatic rings. The monoisotopic (exact) mass is 425 g/mol. The fourth-order valence-electron chi connectivity index (χ4n) is 3.47. The summed E-state index contributed by atoms with van der Waals surface area (Å²) in [5.74, 6) is -1.58. The van der Waals surface area contributed by atoms with Gasteiger partial charge in [-0.05, 0) is 42.0 Å². The van der Waals surface area contributed by atoms with Crippen molar-refractivity contribution < 1.29 is 28.7 Å². The lowest BCUT2D eigenvalue weighted by molar-refractivity contribution is -0.857. The number of hydrogen-bond acceptors (Lipinski definition) is 4. The minimum absolute atomic E-state index is 0.00914. The first-order valence-electron chi connectivity index (χ1n) is 10.0. The Morgan fingerprint density at radius 3 is 2.39 bits per heavy atom. The molecule has 1 atom stereocenters.